The van der Waals surface area contributed by atoms with E-state index >= 15 is 0 Å². The van der Waals surface area contributed by atoms with Crippen LogP contribution in [0.1, 0.15) is 24.9 Å². The monoisotopic (exact) mass is 284 g/mol. The van der Waals surface area contributed by atoms with Gasteiger partial charge in [-0.05, 0) is 26.0 Å². The van der Waals surface area contributed by atoms with E-state index in [0.717, 1.165) is 17.3 Å². The summed E-state index contributed by atoms with van der Waals surface area (Å²) in [6.07, 6.45) is 2.00. The van der Waals surface area contributed by atoms with Crippen LogP contribution in [0.25, 0.3) is 0 Å². The third-order valence-electron chi connectivity index (χ3n) is 2.52. The minimum atomic E-state index is -0.0565. The molecule has 1 amide bonds. The van der Waals surface area contributed by atoms with Crippen LogP contribution in [0.15, 0.2) is 21.7 Å². The van der Waals surface area contributed by atoms with Crippen molar-refractivity contribution in [2.45, 2.75) is 24.3 Å². The van der Waals surface area contributed by atoms with Crippen molar-refractivity contribution in [2.24, 2.45) is 5.10 Å². The normalized spacial score (nSPS) is 18.3. The van der Waals surface area contributed by atoms with E-state index in [1.54, 1.807) is 0 Å². The number of thioether (sulfide) groups is 2. The fourth-order valence-electron chi connectivity index (χ4n) is 1.68. The highest BCUT2D eigenvalue weighted by Gasteiger charge is 2.32. The Morgan fingerprint density at radius 3 is 2.89 bits per heavy atom. The van der Waals surface area contributed by atoms with Gasteiger partial charge in [0.1, 0.15) is 11.5 Å². The van der Waals surface area contributed by atoms with E-state index < -0.39 is 0 Å². The van der Waals surface area contributed by atoms with E-state index in [1.807, 2.05) is 42.6 Å². The first kappa shape index (κ1) is 13.5. The number of carbonyl (C=O) groups is 1. The molecule has 18 heavy (non-hydrogen) atoms. The van der Waals surface area contributed by atoms with Crippen molar-refractivity contribution in [1.29, 1.82) is 0 Å². The topological polar surface area (TPSA) is 54.6 Å². The standard InChI is InChI=1S/C12H16N2O2S2/c1-9-3-4-10(16-9)8-13-14-11(15)7-12(2)17-5-6-18-12/h3-4,8H,5-7H2,1-2H3,(H,14,15)/b13-8-. The maximum absolute atomic E-state index is 11.7. The maximum Gasteiger partial charge on any atom is 0.242 e. The molecule has 98 valence electrons. The Kier molecular flexibility index (Phi) is 4.40. The third-order valence-corrected chi connectivity index (χ3v) is 5.81. The van der Waals surface area contributed by atoms with Crippen LogP contribution in [-0.2, 0) is 4.79 Å². The molecule has 0 aromatic carbocycles. The highest BCUT2D eigenvalue weighted by molar-refractivity contribution is 8.21. The largest absolute Gasteiger partial charge is 0.460 e. The number of nitrogens with zero attached hydrogens (tertiary/aromatic N) is 1. The van der Waals surface area contributed by atoms with Gasteiger partial charge in [0.2, 0.25) is 5.91 Å². The number of furan rings is 1. The number of carbonyl (C=O) groups excluding carboxylic acids is 1. The van der Waals surface area contributed by atoms with Crippen molar-refractivity contribution < 1.29 is 9.21 Å². The fraction of sp³-hybridized carbons (Fsp3) is 0.500. The molecule has 1 aromatic rings. The van der Waals surface area contributed by atoms with Crippen molar-refractivity contribution in [2.75, 3.05) is 11.5 Å². The molecular weight excluding hydrogens is 268 g/mol. The van der Waals surface area contributed by atoms with Gasteiger partial charge in [0.05, 0.1) is 16.7 Å². The molecule has 0 spiro atoms. The molecule has 0 unspecified atom stereocenters. The first-order valence-electron chi connectivity index (χ1n) is 5.74. The Morgan fingerprint density at radius 1 is 1.56 bits per heavy atom. The van der Waals surface area contributed by atoms with Gasteiger partial charge >= 0.3 is 0 Å². The summed E-state index contributed by atoms with van der Waals surface area (Å²) in [5.41, 5.74) is 2.54. The zero-order valence-corrected chi connectivity index (χ0v) is 12.1. The minimum absolute atomic E-state index is 0.000866. The summed E-state index contributed by atoms with van der Waals surface area (Å²) in [4.78, 5) is 11.7. The molecule has 1 aliphatic rings. The Balaban J connectivity index is 1.79. The van der Waals surface area contributed by atoms with Crippen molar-refractivity contribution in [3.63, 3.8) is 0 Å². The second-order valence-electron chi connectivity index (χ2n) is 4.25. The Bertz CT molecular complexity index is 451. The number of hydrazone groups is 1. The zero-order chi connectivity index (χ0) is 13.0. The predicted molar refractivity (Wildman–Crippen MR) is 77.1 cm³/mol. The number of rotatable bonds is 4. The Labute approximate surface area is 115 Å². The molecule has 1 N–H and O–H groups in total. The predicted octanol–water partition coefficient (Wildman–Crippen LogP) is 2.62. The lowest BCUT2D eigenvalue weighted by atomic mass is 10.3. The Hall–Kier alpha value is -0.880. The average Bonchev–Trinajstić information content (AvgIpc) is 2.88. The summed E-state index contributed by atoms with van der Waals surface area (Å²) in [5, 5.41) is 3.89. The second-order valence-corrected chi connectivity index (χ2v) is 7.70. The minimum Gasteiger partial charge on any atom is -0.460 e. The van der Waals surface area contributed by atoms with Gasteiger partial charge in [-0.15, -0.1) is 23.5 Å². The van der Waals surface area contributed by atoms with Crippen LogP contribution < -0.4 is 5.43 Å². The summed E-state index contributed by atoms with van der Waals surface area (Å²) >= 11 is 3.68. The highest BCUT2D eigenvalue weighted by atomic mass is 32.2. The number of nitrogens with one attached hydrogen (secondary N) is 1. The molecular formula is C12H16N2O2S2. The molecule has 4 nitrogen and oxygen atoms in total. The van der Waals surface area contributed by atoms with Crippen LogP contribution in [-0.4, -0.2) is 27.7 Å². The maximum atomic E-state index is 11.7. The molecule has 0 radical (unpaired) electrons. The van der Waals surface area contributed by atoms with Crippen molar-refractivity contribution in [1.82, 2.24) is 5.43 Å². The molecule has 6 heteroatoms. The summed E-state index contributed by atoms with van der Waals surface area (Å²) in [6.45, 7) is 3.97. The van der Waals surface area contributed by atoms with Gasteiger partial charge in [0, 0.05) is 11.5 Å². The van der Waals surface area contributed by atoms with Crippen LogP contribution in [0.3, 0.4) is 0 Å². The van der Waals surface area contributed by atoms with Crippen molar-refractivity contribution in [3.8, 4) is 0 Å². The van der Waals surface area contributed by atoms with Gasteiger partial charge < -0.3 is 4.42 Å². The summed E-state index contributed by atoms with van der Waals surface area (Å²) in [6, 6.07) is 3.67. The zero-order valence-electron chi connectivity index (χ0n) is 10.4. The van der Waals surface area contributed by atoms with Gasteiger partial charge in [0.15, 0.2) is 0 Å². The van der Waals surface area contributed by atoms with E-state index in [4.69, 9.17) is 4.42 Å². The molecule has 1 saturated heterocycles. The molecule has 0 aliphatic carbocycles. The van der Waals surface area contributed by atoms with Crippen LogP contribution in [0.5, 0.6) is 0 Å². The van der Waals surface area contributed by atoms with Crippen molar-refractivity contribution >= 4 is 35.6 Å². The van der Waals surface area contributed by atoms with Gasteiger partial charge in [-0.2, -0.15) is 5.10 Å². The average molecular weight is 284 g/mol. The molecule has 1 fully saturated rings. The van der Waals surface area contributed by atoms with Crippen LogP contribution in [0.4, 0.5) is 0 Å². The molecule has 0 atom stereocenters. The summed E-state index contributed by atoms with van der Waals surface area (Å²) in [5.74, 6) is 3.64. The third kappa shape index (κ3) is 3.81. The lowest BCUT2D eigenvalue weighted by molar-refractivity contribution is -0.121. The number of hydrogen-bond donors (Lipinski definition) is 1. The van der Waals surface area contributed by atoms with E-state index in [0.29, 0.717) is 12.2 Å². The fourth-order valence-corrected chi connectivity index (χ4v) is 4.51. The smallest absolute Gasteiger partial charge is 0.242 e. The molecule has 2 heterocycles. The quantitative estimate of drug-likeness (QED) is 0.682. The van der Waals surface area contributed by atoms with Crippen LogP contribution >= 0.6 is 23.5 Å². The second kappa shape index (κ2) is 5.84. The molecule has 1 aliphatic heterocycles. The summed E-state index contributed by atoms with van der Waals surface area (Å²) in [7, 11) is 0. The van der Waals surface area contributed by atoms with Gasteiger partial charge in [-0.25, -0.2) is 5.43 Å². The molecule has 1 aromatic heterocycles. The molecule has 0 saturated carbocycles. The number of aryl methyl sites for hydroxylation is 1. The number of amides is 1. The summed E-state index contributed by atoms with van der Waals surface area (Å²) < 4.78 is 5.31. The molecule has 0 bridgehead atoms. The Morgan fingerprint density at radius 2 is 2.28 bits per heavy atom. The van der Waals surface area contributed by atoms with E-state index in [-0.39, 0.29) is 9.99 Å². The van der Waals surface area contributed by atoms with Gasteiger partial charge in [-0.3, -0.25) is 4.79 Å². The van der Waals surface area contributed by atoms with Gasteiger partial charge in [0.25, 0.3) is 0 Å². The lowest BCUT2D eigenvalue weighted by Gasteiger charge is -2.19. The van der Waals surface area contributed by atoms with E-state index in [9.17, 15) is 4.79 Å². The number of hydrogen-bond acceptors (Lipinski definition) is 5. The lowest BCUT2D eigenvalue weighted by Crippen LogP contribution is -2.26. The van der Waals surface area contributed by atoms with Crippen molar-refractivity contribution in [3.05, 3.63) is 23.7 Å². The first-order chi connectivity index (χ1) is 8.57. The van der Waals surface area contributed by atoms with E-state index in [1.165, 1.54) is 6.21 Å². The van der Waals surface area contributed by atoms with E-state index in [2.05, 4.69) is 17.5 Å². The highest BCUT2D eigenvalue weighted by Crippen LogP contribution is 2.45. The first-order valence-corrected chi connectivity index (χ1v) is 7.71. The van der Waals surface area contributed by atoms with Gasteiger partial charge in [-0.1, -0.05) is 0 Å². The van der Waals surface area contributed by atoms with Crippen LogP contribution in [0, 0.1) is 6.92 Å². The molecule has 2 rings (SSSR count). The SMILES string of the molecule is Cc1ccc(/C=N\NC(=O)CC2(C)SCCS2)o1. The van der Waals surface area contributed by atoms with Crippen LogP contribution in [0.2, 0.25) is 0 Å².